The third kappa shape index (κ3) is 2.67. The van der Waals surface area contributed by atoms with Gasteiger partial charge in [-0.2, -0.15) is 24.8 Å². The van der Waals surface area contributed by atoms with Gasteiger partial charge in [0.15, 0.2) is 17.2 Å². The van der Waals surface area contributed by atoms with Gasteiger partial charge in [0, 0.05) is 0 Å². The van der Waals surface area contributed by atoms with Crippen LogP contribution in [-0.2, 0) is 0 Å². The smallest absolute Gasteiger partial charge is 0.321 e. The van der Waals surface area contributed by atoms with E-state index in [-0.39, 0.29) is 17.5 Å². The van der Waals surface area contributed by atoms with Gasteiger partial charge in [-0.3, -0.25) is 0 Å². The number of nitrogens with zero attached hydrogens (tertiary/aromatic N) is 11. The number of hydrogen-bond donors (Lipinski definition) is 3. The van der Waals surface area contributed by atoms with Crippen molar-refractivity contribution in [3.05, 3.63) is 28.6 Å². The van der Waals surface area contributed by atoms with Crippen molar-refractivity contribution < 1.29 is 10.2 Å². The predicted octanol–water partition coefficient (Wildman–Crippen LogP) is 1.73. The molecule has 0 spiro atoms. The normalized spacial score (nSPS) is 11.5. The summed E-state index contributed by atoms with van der Waals surface area (Å²) in [7, 11) is 0. The molecule has 0 saturated carbocycles. The molecule has 14 nitrogen and oxygen atoms in total. The lowest BCUT2D eigenvalue weighted by Crippen LogP contribution is -2.03. The predicted molar refractivity (Wildman–Crippen MR) is 92.3 cm³/mol. The van der Waals surface area contributed by atoms with Crippen molar-refractivity contribution in [3.63, 3.8) is 0 Å². The number of aromatic hydroxyl groups is 2. The topological polar surface area (TPSA) is 172 Å². The first kappa shape index (κ1) is 17.0. The Balaban J connectivity index is 1.88. The molecule has 4 rings (SSSR count). The van der Waals surface area contributed by atoms with Gasteiger partial charge in [0.2, 0.25) is 0 Å². The number of aromatic amines is 1. The number of aryl methyl sites for hydroxylation is 3. The third-order valence-electron chi connectivity index (χ3n) is 3.71. The number of hydrogen-bond acceptors (Lipinski definition) is 10. The van der Waals surface area contributed by atoms with Crippen LogP contribution in [0.2, 0.25) is 0 Å². The second-order valence-corrected chi connectivity index (χ2v) is 5.70. The second kappa shape index (κ2) is 6.09. The highest BCUT2D eigenvalue weighted by molar-refractivity contribution is 5.69. The van der Waals surface area contributed by atoms with E-state index < -0.39 is 12.0 Å². The molecule has 4 aromatic heterocycles. The maximum absolute atomic E-state index is 9.52. The molecule has 0 aromatic carbocycles. The molecule has 28 heavy (non-hydrogen) atoms. The van der Waals surface area contributed by atoms with Crippen molar-refractivity contribution in [2.24, 2.45) is 10.2 Å². The number of H-pyrrole nitrogens is 1. The SMILES string of the molecule is [C-]#[N+]c1c(C)nn(-c2nc(O)nc(O)n2)c1/N=N/c1c(C)nn2nc(C)[nH]c12. The van der Waals surface area contributed by atoms with Crippen LogP contribution in [0.5, 0.6) is 12.0 Å². The zero-order chi connectivity index (χ0) is 20.0. The molecule has 0 radical (unpaired) electrons. The Labute approximate surface area is 156 Å². The lowest BCUT2D eigenvalue weighted by Gasteiger charge is -2.02. The summed E-state index contributed by atoms with van der Waals surface area (Å²) in [5, 5.41) is 39.9. The van der Waals surface area contributed by atoms with Crippen LogP contribution >= 0.6 is 0 Å². The van der Waals surface area contributed by atoms with Crippen molar-refractivity contribution >= 4 is 22.8 Å². The Bertz CT molecular complexity index is 1270. The Hall–Kier alpha value is -4.41. The molecule has 0 atom stereocenters. The van der Waals surface area contributed by atoms with Gasteiger partial charge in [-0.05, 0) is 20.8 Å². The van der Waals surface area contributed by atoms with Gasteiger partial charge in [0.1, 0.15) is 5.82 Å². The third-order valence-corrected chi connectivity index (χ3v) is 3.71. The fourth-order valence-electron chi connectivity index (χ4n) is 2.55. The molecular weight excluding hydrogens is 368 g/mol. The standard InChI is InChI=1S/C14H12N12O2/c1-5-8(15-4)11(25(22-5)12-17-13(27)19-14(28)18-12)21-20-9-6(2)23-26-10(9)16-7(3)24-26/h1-3H3,(H,16,24)(H2,17,18,19,27,28)/b21-20+. The maximum Gasteiger partial charge on any atom is 0.321 e. The fraction of sp³-hybridized carbons (Fsp3) is 0.214. The van der Waals surface area contributed by atoms with Gasteiger partial charge < -0.3 is 15.2 Å². The first-order valence-electron chi connectivity index (χ1n) is 7.82. The summed E-state index contributed by atoms with van der Waals surface area (Å²) in [4.78, 5) is 17.2. The van der Waals surface area contributed by atoms with E-state index in [9.17, 15) is 10.2 Å². The lowest BCUT2D eigenvalue weighted by atomic mass is 10.4. The van der Waals surface area contributed by atoms with Crippen LogP contribution in [-0.4, -0.2) is 54.8 Å². The van der Waals surface area contributed by atoms with Crippen molar-refractivity contribution in [1.82, 2.24) is 44.5 Å². The van der Waals surface area contributed by atoms with E-state index in [1.807, 2.05) is 0 Å². The first-order chi connectivity index (χ1) is 13.4. The molecule has 0 fully saturated rings. The summed E-state index contributed by atoms with van der Waals surface area (Å²) in [6, 6.07) is -1.41. The van der Waals surface area contributed by atoms with E-state index in [1.165, 1.54) is 4.63 Å². The molecule has 0 aliphatic carbocycles. The van der Waals surface area contributed by atoms with Gasteiger partial charge in [0.05, 0.1) is 18.0 Å². The van der Waals surface area contributed by atoms with Gasteiger partial charge in [-0.1, -0.05) is 0 Å². The largest absolute Gasteiger partial charge is 0.479 e. The molecule has 4 aromatic rings. The van der Waals surface area contributed by atoms with E-state index >= 15 is 0 Å². The van der Waals surface area contributed by atoms with Crippen molar-refractivity contribution in [2.75, 3.05) is 0 Å². The number of rotatable bonds is 3. The van der Waals surface area contributed by atoms with Crippen LogP contribution < -0.4 is 0 Å². The zero-order valence-electron chi connectivity index (χ0n) is 14.8. The second-order valence-electron chi connectivity index (χ2n) is 5.70. The Morgan fingerprint density at radius 2 is 1.68 bits per heavy atom. The molecule has 0 bridgehead atoms. The molecule has 4 heterocycles. The molecule has 0 aliphatic rings. The Morgan fingerprint density at radius 3 is 2.36 bits per heavy atom. The zero-order valence-corrected chi connectivity index (χ0v) is 14.8. The molecule has 0 amide bonds. The Morgan fingerprint density at radius 1 is 0.964 bits per heavy atom. The molecule has 3 N–H and O–H groups in total. The van der Waals surface area contributed by atoms with E-state index in [0.29, 0.717) is 28.5 Å². The summed E-state index contributed by atoms with van der Waals surface area (Å²) in [5.41, 5.74) is 2.01. The van der Waals surface area contributed by atoms with Crippen LogP contribution in [0.15, 0.2) is 10.2 Å². The molecule has 140 valence electrons. The number of fused-ring (bicyclic) bond motifs is 1. The molecule has 0 unspecified atom stereocenters. The van der Waals surface area contributed by atoms with E-state index in [2.05, 4.69) is 50.3 Å². The summed E-state index contributed by atoms with van der Waals surface area (Å²) >= 11 is 0. The fourth-order valence-corrected chi connectivity index (χ4v) is 2.55. The maximum atomic E-state index is 9.52. The minimum atomic E-state index is -0.704. The minimum Gasteiger partial charge on any atom is -0.479 e. The highest BCUT2D eigenvalue weighted by Crippen LogP contribution is 2.35. The number of azo groups is 1. The summed E-state index contributed by atoms with van der Waals surface area (Å²) in [5.74, 6) is 0.455. The monoisotopic (exact) mass is 380 g/mol. The molecule has 0 saturated heterocycles. The Kier molecular flexibility index (Phi) is 3.70. The van der Waals surface area contributed by atoms with Crippen molar-refractivity contribution in [1.29, 1.82) is 0 Å². The van der Waals surface area contributed by atoms with Crippen LogP contribution in [0.3, 0.4) is 0 Å². The van der Waals surface area contributed by atoms with Gasteiger partial charge >= 0.3 is 12.0 Å². The highest BCUT2D eigenvalue weighted by Gasteiger charge is 2.21. The van der Waals surface area contributed by atoms with Crippen LogP contribution in [0.25, 0.3) is 16.4 Å². The summed E-state index contributed by atoms with van der Waals surface area (Å²) in [6.45, 7) is 12.5. The van der Waals surface area contributed by atoms with E-state index in [0.717, 1.165) is 4.68 Å². The average molecular weight is 380 g/mol. The van der Waals surface area contributed by atoms with E-state index in [1.54, 1.807) is 20.8 Å². The van der Waals surface area contributed by atoms with Crippen molar-refractivity contribution in [2.45, 2.75) is 20.8 Å². The molecule has 0 aliphatic heterocycles. The summed E-state index contributed by atoms with van der Waals surface area (Å²) in [6.07, 6.45) is 0. The van der Waals surface area contributed by atoms with Gasteiger partial charge in [-0.25, -0.2) is 4.85 Å². The van der Waals surface area contributed by atoms with Gasteiger partial charge in [-0.15, -0.1) is 24.9 Å². The van der Waals surface area contributed by atoms with Crippen LogP contribution in [0, 0.1) is 27.3 Å². The molecular formula is C14H12N12O2. The lowest BCUT2D eigenvalue weighted by molar-refractivity contribution is 0.379. The number of nitrogens with one attached hydrogen (secondary N) is 1. The average Bonchev–Trinajstić information content (AvgIpc) is 3.22. The van der Waals surface area contributed by atoms with Crippen LogP contribution in [0.1, 0.15) is 17.2 Å². The van der Waals surface area contributed by atoms with E-state index in [4.69, 9.17) is 6.57 Å². The minimum absolute atomic E-state index is 0.0208. The number of aromatic nitrogens is 9. The van der Waals surface area contributed by atoms with Crippen LogP contribution in [0.4, 0.5) is 17.2 Å². The highest BCUT2D eigenvalue weighted by atomic mass is 16.3. The quantitative estimate of drug-likeness (QED) is 0.356. The first-order valence-corrected chi connectivity index (χ1v) is 7.82. The van der Waals surface area contributed by atoms with Gasteiger partial charge in [0.25, 0.3) is 11.6 Å². The summed E-state index contributed by atoms with van der Waals surface area (Å²) < 4.78 is 2.49. The van der Waals surface area contributed by atoms with Crippen molar-refractivity contribution in [3.8, 4) is 18.0 Å². The molecule has 14 heteroatoms.